The van der Waals surface area contributed by atoms with Gasteiger partial charge in [0.2, 0.25) is 5.95 Å². The van der Waals surface area contributed by atoms with Crippen LogP contribution in [0.2, 0.25) is 0 Å². The summed E-state index contributed by atoms with van der Waals surface area (Å²) in [6, 6.07) is 3.24. The second-order valence-corrected chi connectivity index (χ2v) is 5.16. The van der Waals surface area contributed by atoms with Crippen LogP contribution in [0.25, 0.3) is 0 Å². The summed E-state index contributed by atoms with van der Waals surface area (Å²) < 4.78 is 13.7. The fraction of sp³-hybridized carbons (Fsp3) is 0.600. The fourth-order valence-electron chi connectivity index (χ4n) is 2.22. The minimum atomic E-state index is -0.688. The van der Waals surface area contributed by atoms with Crippen molar-refractivity contribution in [1.82, 2.24) is 9.88 Å². The third kappa shape index (κ3) is 4.01. The Kier molecular flexibility index (Phi) is 5.93. The van der Waals surface area contributed by atoms with Crippen molar-refractivity contribution < 1.29 is 9.18 Å². The number of halogens is 1. The van der Waals surface area contributed by atoms with Gasteiger partial charge in [0, 0.05) is 18.8 Å². The van der Waals surface area contributed by atoms with Crippen molar-refractivity contribution in [1.29, 1.82) is 0 Å². The Morgan fingerprint density at radius 1 is 1.37 bits per heavy atom. The second kappa shape index (κ2) is 7.22. The highest BCUT2D eigenvalue weighted by Gasteiger charge is 2.25. The minimum Gasteiger partial charge on any atom is -0.335 e. The lowest BCUT2D eigenvalue weighted by Gasteiger charge is -2.32. The molecule has 106 valence electrons. The summed E-state index contributed by atoms with van der Waals surface area (Å²) in [4.78, 5) is 17.8. The van der Waals surface area contributed by atoms with E-state index < -0.39 is 5.95 Å². The summed E-state index contributed by atoms with van der Waals surface area (Å²) in [5.41, 5.74) is 0.0649. The molecule has 3 nitrogen and oxygen atoms in total. The van der Waals surface area contributed by atoms with Gasteiger partial charge in [-0.25, -0.2) is 4.98 Å². The summed E-state index contributed by atoms with van der Waals surface area (Å²) in [6.07, 6.45) is 3.10. The average molecular weight is 266 g/mol. The maximum atomic E-state index is 13.7. The SMILES string of the molecule is CCC(CC)N(CC(C)C)C(=O)c1cccnc1F. The van der Waals surface area contributed by atoms with E-state index in [4.69, 9.17) is 0 Å². The summed E-state index contributed by atoms with van der Waals surface area (Å²) in [6.45, 7) is 8.85. The van der Waals surface area contributed by atoms with Crippen LogP contribution in [0.5, 0.6) is 0 Å². The summed E-state index contributed by atoms with van der Waals surface area (Å²) >= 11 is 0. The van der Waals surface area contributed by atoms with Gasteiger partial charge in [-0.3, -0.25) is 4.79 Å². The van der Waals surface area contributed by atoms with Crippen molar-refractivity contribution in [3.8, 4) is 0 Å². The van der Waals surface area contributed by atoms with Gasteiger partial charge in [0.1, 0.15) is 0 Å². The molecule has 0 atom stereocenters. The quantitative estimate of drug-likeness (QED) is 0.738. The van der Waals surface area contributed by atoms with Crippen LogP contribution in [-0.4, -0.2) is 28.4 Å². The Hall–Kier alpha value is -1.45. The molecule has 19 heavy (non-hydrogen) atoms. The van der Waals surface area contributed by atoms with Gasteiger partial charge in [-0.15, -0.1) is 0 Å². The molecule has 0 spiro atoms. The van der Waals surface area contributed by atoms with Crippen LogP contribution >= 0.6 is 0 Å². The Morgan fingerprint density at radius 3 is 2.47 bits per heavy atom. The number of carbonyl (C=O) groups is 1. The van der Waals surface area contributed by atoms with Crippen LogP contribution in [0, 0.1) is 11.9 Å². The lowest BCUT2D eigenvalue weighted by atomic mass is 10.1. The smallest absolute Gasteiger partial charge is 0.258 e. The van der Waals surface area contributed by atoms with E-state index in [0.717, 1.165) is 12.8 Å². The molecule has 1 aromatic rings. The zero-order valence-electron chi connectivity index (χ0n) is 12.2. The number of aromatic nitrogens is 1. The average Bonchev–Trinajstić information content (AvgIpc) is 2.38. The van der Waals surface area contributed by atoms with Gasteiger partial charge in [0.15, 0.2) is 0 Å². The molecule has 0 aromatic carbocycles. The predicted octanol–water partition coefficient (Wildman–Crippen LogP) is 3.51. The van der Waals surface area contributed by atoms with Gasteiger partial charge >= 0.3 is 0 Å². The molecule has 1 amide bonds. The molecule has 0 bridgehead atoms. The Morgan fingerprint density at radius 2 is 2.00 bits per heavy atom. The molecular formula is C15H23FN2O. The lowest BCUT2D eigenvalue weighted by molar-refractivity contribution is 0.0634. The van der Waals surface area contributed by atoms with Gasteiger partial charge in [0.05, 0.1) is 5.56 Å². The first-order valence-electron chi connectivity index (χ1n) is 6.92. The van der Waals surface area contributed by atoms with Gasteiger partial charge in [-0.2, -0.15) is 4.39 Å². The third-order valence-electron chi connectivity index (χ3n) is 3.20. The molecule has 0 radical (unpaired) electrons. The molecule has 0 saturated heterocycles. The van der Waals surface area contributed by atoms with Crippen molar-refractivity contribution in [2.45, 2.75) is 46.6 Å². The number of hydrogen-bond acceptors (Lipinski definition) is 2. The molecule has 0 fully saturated rings. The highest BCUT2D eigenvalue weighted by Crippen LogP contribution is 2.16. The number of hydrogen-bond donors (Lipinski definition) is 0. The van der Waals surface area contributed by atoms with Crippen LogP contribution < -0.4 is 0 Å². The lowest BCUT2D eigenvalue weighted by Crippen LogP contribution is -2.42. The molecule has 0 saturated carbocycles. The highest BCUT2D eigenvalue weighted by molar-refractivity contribution is 5.94. The summed E-state index contributed by atoms with van der Waals surface area (Å²) in [5, 5.41) is 0. The summed E-state index contributed by atoms with van der Waals surface area (Å²) in [5.74, 6) is -0.593. The van der Waals surface area contributed by atoms with Crippen molar-refractivity contribution in [3.05, 3.63) is 29.8 Å². The minimum absolute atomic E-state index is 0.0649. The van der Waals surface area contributed by atoms with E-state index in [1.807, 2.05) is 13.8 Å². The van der Waals surface area contributed by atoms with Crippen LogP contribution in [0.3, 0.4) is 0 Å². The molecular weight excluding hydrogens is 243 g/mol. The van der Waals surface area contributed by atoms with Gasteiger partial charge < -0.3 is 4.90 Å². The maximum Gasteiger partial charge on any atom is 0.258 e. The highest BCUT2D eigenvalue weighted by atomic mass is 19.1. The van der Waals surface area contributed by atoms with E-state index in [1.165, 1.54) is 12.3 Å². The molecule has 1 rings (SSSR count). The Bertz CT molecular complexity index is 416. The van der Waals surface area contributed by atoms with E-state index in [1.54, 1.807) is 11.0 Å². The zero-order valence-corrected chi connectivity index (χ0v) is 12.2. The number of rotatable bonds is 6. The van der Waals surface area contributed by atoms with Gasteiger partial charge in [-0.05, 0) is 30.9 Å². The first kappa shape index (κ1) is 15.6. The van der Waals surface area contributed by atoms with E-state index in [2.05, 4.69) is 18.8 Å². The third-order valence-corrected chi connectivity index (χ3v) is 3.20. The first-order valence-corrected chi connectivity index (χ1v) is 6.92. The predicted molar refractivity (Wildman–Crippen MR) is 74.4 cm³/mol. The summed E-state index contributed by atoms with van der Waals surface area (Å²) in [7, 11) is 0. The van der Waals surface area contributed by atoms with Crippen molar-refractivity contribution >= 4 is 5.91 Å². The van der Waals surface area contributed by atoms with Crippen LogP contribution in [0.1, 0.15) is 50.9 Å². The van der Waals surface area contributed by atoms with Crippen molar-refractivity contribution in [3.63, 3.8) is 0 Å². The molecule has 0 aliphatic carbocycles. The molecule has 4 heteroatoms. The first-order chi connectivity index (χ1) is 9.01. The molecule has 1 aromatic heterocycles. The molecule has 1 heterocycles. The number of pyridine rings is 1. The van der Waals surface area contributed by atoms with E-state index in [-0.39, 0.29) is 17.5 Å². The van der Waals surface area contributed by atoms with Crippen molar-refractivity contribution in [2.24, 2.45) is 5.92 Å². The van der Waals surface area contributed by atoms with E-state index >= 15 is 0 Å². The fourth-order valence-corrected chi connectivity index (χ4v) is 2.22. The number of amides is 1. The van der Waals surface area contributed by atoms with E-state index in [0.29, 0.717) is 12.5 Å². The topological polar surface area (TPSA) is 33.2 Å². The second-order valence-electron chi connectivity index (χ2n) is 5.16. The van der Waals surface area contributed by atoms with Crippen LogP contribution in [-0.2, 0) is 0 Å². The normalized spacial score (nSPS) is 11.1. The van der Waals surface area contributed by atoms with Gasteiger partial charge in [-0.1, -0.05) is 27.7 Å². The van der Waals surface area contributed by atoms with Crippen LogP contribution in [0.4, 0.5) is 4.39 Å². The maximum absolute atomic E-state index is 13.7. The molecule has 0 unspecified atom stereocenters. The Labute approximate surface area is 114 Å². The number of carbonyl (C=O) groups excluding carboxylic acids is 1. The largest absolute Gasteiger partial charge is 0.335 e. The number of nitrogens with zero attached hydrogens (tertiary/aromatic N) is 2. The van der Waals surface area contributed by atoms with Gasteiger partial charge in [0.25, 0.3) is 5.91 Å². The van der Waals surface area contributed by atoms with Crippen molar-refractivity contribution in [2.75, 3.05) is 6.54 Å². The zero-order chi connectivity index (χ0) is 14.4. The monoisotopic (exact) mass is 266 g/mol. The molecule has 0 aliphatic heterocycles. The molecule has 0 N–H and O–H groups in total. The Balaban J connectivity index is 3.03. The van der Waals surface area contributed by atoms with E-state index in [9.17, 15) is 9.18 Å². The standard InChI is InChI=1S/C15H23FN2O/c1-5-12(6-2)18(10-11(3)4)15(19)13-8-7-9-17-14(13)16/h7-9,11-12H,5-6,10H2,1-4H3. The van der Waals surface area contributed by atoms with Crippen LogP contribution in [0.15, 0.2) is 18.3 Å². The molecule has 0 aliphatic rings.